The van der Waals surface area contributed by atoms with Crippen LogP contribution in [0.2, 0.25) is 0 Å². The van der Waals surface area contributed by atoms with Crippen LogP contribution in [-0.4, -0.2) is 6.29 Å². The van der Waals surface area contributed by atoms with Crippen LogP contribution in [0.1, 0.15) is 10.4 Å². The van der Waals surface area contributed by atoms with Gasteiger partial charge >= 0.3 is 0 Å². The summed E-state index contributed by atoms with van der Waals surface area (Å²) in [6, 6.07) is 2.08. The highest BCUT2D eigenvalue weighted by molar-refractivity contribution is 7.18. The van der Waals surface area contributed by atoms with E-state index in [2.05, 4.69) is 14.5 Å². The number of carbonyl (C=O) groups excluding carboxylic acids is 1. The highest BCUT2D eigenvalue weighted by Crippen LogP contribution is 2.18. The maximum atomic E-state index is 12.8. The molecule has 0 saturated heterocycles. The van der Waals surface area contributed by atoms with E-state index < -0.39 is 17.2 Å². The third kappa shape index (κ3) is 1.59. The van der Waals surface area contributed by atoms with Crippen LogP contribution in [0.4, 0.5) is 14.5 Å². The van der Waals surface area contributed by atoms with Gasteiger partial charge in [-0.2, -0.15) is 0 Å². The Bertz CT molecular complexity index is 293. The molecule has 0 fully saturated rings. The normalized spacial score (nSPS) is 9.58. The number of carbonyl (C=O) groups is 1. The van der Waals surface area contributed by atoms with Gasteiger partial charge in [0.1, 0.15) is 11.6 Å². The van der Waals surface area contributed by atoms with Crippen LogP contribution in [-0.2, 0) is 0 Å². The molecule has 0 aromatic heterocycles. The van der Waals surface area contributed by atoms with Crippen molar-refractivity contribution in [3.63, 3.8) is 0 Å². The summed E-state index contributed by atoms with van der Waals surface area (Å²) in [5, 5.41) is 2.48. The summed E-state index contributed by atoms with van der Waals surface area (Å²) in [6.07, 6.45) is 0.150. The van der Waals surface area contributed by atoms with Crippen LogP contribution < -0.4 is 5.09 Å². The van der Waals surface area contributed by atoms with Crippen LogP contribution in [0.3, 0.4) is 0 Å². The van der Waals surface area contributed by atoms with Gasteiger partial charge in [0, 0.05) is 5.69 Å². The molecule has 0 spiro atoms. The molecule has 0 aliphatic rings. The smallest absolute Gasteiger partial charge is 0.155 e. The fourth-order valence-electron chi connectivity index (χ4n) is 0.780. The molecule has 2 nitrogen and oxygen atoms in total. The molecule has 0 amide bonds. The zero-order valence-corrected chi connectivity index (χ0v) is 7.13. The molecule has 1 aromatic carbocycles. The van der Waals surface area contributed by atoms with Gasteiger partial charge in [-0.25, -0.2) is 8.78 Å². The molecule has 1 rings (SSSR count). The fraction of sp³-hybridized carbons (Fsp3) is 0. The van der Waals surface area contributed by atoms with Crippen LogP contribution in [0, 0.1) is 11.6 Å². The van der Waals surface area contributed by atoms with Crippen molar-refractivity contribution < 1.29 is 13.6 Å². The SMILES string of the molecule is O=Cc1c(F)cc(NP)cc1F. The Morgan fingerprint density at radius 2 is 1.83 bits per heavy atom. The third-order valence-corrected chi connectivity index (χ3v) is 1.70. The average Bonchev–Trinajstić information content (AvgIpc) is 2.03. The molecule has 1 N–H and O–H groups in total. The first-order valence-electron chi connectivity index (χ1n) is 3.10. The Morgan fingerprint density at radius 1 is 1.33 bits per heavy atom. The first-order chi connectivity index (χ1) is 5.69. The van der Waals surface area contributed by atoms with Gasteiger partial charge in [0.05, 0.1) is 5.56 Å². The van der Waals surface area contributed by atoms with Crippen LogP contribution in [0.25, 0.3) is 0 Å². The third-order valence-electron chi connectivity index (χ3n) is 1.36. The van der Waals surface area contributed by atoms with E-state index in [-0.39, 0.29) is 12.0 Å². The van der Waals surface area contributed by atoms with E-state index in [1.54, 1.807) is 0 Å². The molecule has 5 heteroatoms. The van der Waals surface area contributed by atoms with Crippen molar-refractivity contribution in [3.05, 3.63) is 29.3 Å². The van der Waals surface area contributed by atoms with E-state index in [4.69, 9.17) is 0 Å². The van der Waals surface area contributed by atoms with Gasteiger partial charge in [0.25, 0.3) is 0 Å². The highest BCUT2D eigenvalue weighted by Gasteiger charge is 2.08. The summed E-state index contributed by atoms with van der Waals surface area (Å²) >= 11 is 0. The van der Waals surface area contributed by atoms with E-state index >= 15 is 0 Å². The fourth-order valence-corrected chi connectivity index (χ4v) is 0.947. The lowest BCUT2D eigenvalue weighted by molar-refractivity contribution is 0.111. The summed E-state index contributed by atoms with van der Waals surface area (Å²) in [7, 11) is 2.10. The molecule has 0 bridgehead atoms. The first kappa shape index (κ1) is 9.07. The van der Waals surface area contributed by atoms with Gasteiger partial charge in [-0.05, 0) is 21.5 Å². The van der Waals surface area contributed by atoms with E-state index in [0.717, 1.165) is 12.1 Å². The summed E-state index contributed by atoms with van der Waals surface area (Å²) in [6.45, 7) is 0. The number of rotatable bonds is 2. The number of aldehydes is 1. The number of halogens is 2. The largest absolute Gasteiger partial charge is 0.369 e. The Balaban J connectivity index is 3.27. The van der Waals surface area contributed by atoms with Gasteiger partial charge in [-0.1, -0.05) is 0 Å². The van der Waals surface area contributed by atoms with Crippen molar-refractivity contribution in [2.45, 2.75) is 0 Å². The minimum atomic E-state index is -0.866. The zero-order chi connectivity index (χ0) is 9.14. The Hall–Kier alpha value is -1.02. The quantitative estimate of drug-likeness (QED) is 0.569. The van der Waals surface area contributed by atoms with E-state index in [9.17, 15) is 13.6 Å². The lowest BCUT2D eigenvalue weighted by Gasteiger charge is -2.01. The van der Waals surface area contributed by atoms with Gasteiger partial charge < -0.3 is 5.09 Å². The van der Waals surface area contributed by atoms with E-state index in [0.29, 0.717) is 0 Å². The molecule has 12 heavy (non-hydrogen) atoms. The molecule has 0 aliphatic heterocycles. The number of hydrogen-bond acceptors (Lipinski definition) is 2. The molecule has 0 radical (unpaired) electrons. The lowest BCUT2D eigenvalue weighted by atomic mass is 10.2. The lowest BCUT2D eigenvalue weighted by Crippen LogP contribution is -1.94. The van der Waals surface area contributed by atoms with E-state index in [1.165, 1.54) is 0 Å². The first-order valence-corrected chi connectivity index (χ1v) is 3.67. The molecule has 0 aliphatic carbocycles. The monoisotopic (exact) mass is 189 g/mol. The second-order valence-electron chi connectivity index (χ2n) is 2.12. The molecular formula is C7H6F2NOP. The van der Waals surface area contributed by atoms with Gasteiger partial charge in [0.15, 0.2) is 6.29 Å². The van der Waals surface area contributed by atoms with Crippen molar-refractivity contribution in [3.8, 4) is 0 Å². The molecule has 64 valence electrons. The molecule has 0 heterocycles. The van der Waals surface area contributed by atoms with Crippen LogP contribution >= 0.6 is 9.39 Å². The van der Waals surface area contributed by atoms with E-state index in [1.807, 2.05) is 0 Å². The highest BCUT2D eigenvalue weighted by atomic mass is 31.0. The number of hydrogen-bond donors (Lipinski definition) is 1. The minimum absolute atomic E-state index is 0.150. The zero-order valence-electron chi connectivity index (χ0n) is 5.97. The summed E-state index contributed by atoms with van der Waals surface area (Å²) < 4.78 is 25.6. The Labute approximate surface area is 70.2 Å². The van der Waals surface area contributed by atoms with Gasteiger partial charge in [-0.15, -0.1) is 0 Å². The predicted octanol–water partition coefficient (Wildman–Crippen LogP) is 1.98. The Morgan fingerprint density at radius 3 is 2.17 bits per heavy atom. The van der Waals surface area contributed by atoms with Crippen LogP contribution in [0.15, 0.2) is 12.1 Å². The number of anilines is 1. The average molecular weight is 189 g/mol. The Kier molecular flexibility index (Phi) is 2.71. The van der Waals surface area contributed by atoms with Gasteiger partial charge in [-0.3, -0.25) is 4.79 Å². The topological polar surface area (TPSA) is 29.1 Å². The van der Waals surface area contributed by atoms with Gasteiger partial charge in [0.2, 0.25) is 0 Å². The van der Waals surface area contributed by atoms with Crippen molar-refractivity contribution in [1.29, 1.82) is 0 Å². The summed E-state index contributed by atoms with van der Waals surface area (Å²) in [5.41, 5.74) is -0.278. The summed E-state index contributed by atoms with van der Waals surface area (Å²) in [4.78, 5) is 10.1. The predicted molar refractivity (Wildman–Crippen MR) is 45.1 cm³/mol. The molecule has 1 unspecified atom stereocenters. The second kappa shape index (κ2) is 3.59. The molecule has 1 atom stereocenters. The van der Waals surface area contributed by atoms with Crippen molar-refractivity contribution in [2.24, 2.45) is 0 Å². The maximum absolute atomic E-state index is 12.8. The molecule has 0 saturated carbocycles. The molecule has 1 aromatic rings. The van der Waals surface area contributed by atoms with Crippen LogP contribution in [0.5, 0.6) is 0 Å². The number of nitrogens with one attached hydrogen (secondary N) is 1. The van der Waals surface area contributed by atoms with Crippen molar-refractivity contribution in [1.82, 2.24) is 0 Å². The van der Waals surface area contributed by atoms with Crippen molar-refractivity contribution >= 4 is 21.4 Å². The maximum Gasteiger partial charge on any atom is 0.155 e. The minimum Gasteiger partial charge on any atom is -0.369 e. The second-order valence-corrected chi connectivity index (χ2v) is 2.40. The standard InChI is InChI=1S/C7H6F2NOP/c8-6-1-4(10-12)2-7(9)5(6)3-11/h1-3,10H,12H2. The number of benzene rings is 1. The molecular weight excluding hydrogens is 183 g/mol. The summed E-state index contributed by atoms with van der Waals surface area (Å²) in [5.74, 6) is -1.73. The van der Waals surface area contributed by atoms with Crippen molar-refractivity contribution in [2.75, 3.05) is 5.09 Å².